The predicted molar refractivity (Wildman–Crippen MR) is 88.4 cm³/mol. The summed E-state index contributed by atoms with van der Waals surface area (Å²) in [5.41, 5.74) is 3.91. The van der Waals surface area contributed by atoms with E-state index in [1.165, 1.54) is 0 Å². The number of pyridine rings is 1. The van der Waals surface area contributed by atoms with E-state index in [9.17, 15) is 0 Å². The van der Waals surface area contributed by atoms with E-state index < -0.39 is 0 Å². The van der Waals surface area contributed by atoms with Crippen LogP contribution in [0.3, 0.4) is 0 Å². The van der Waals surface area contributed by atoms with E-state index in [-0.39, 0.29) is 0 Å². The highest BCUT2D eigenvalue weighted by molar-refractivity contribution is 5.71. The number of aromatic nitrogens is 1. The van der Waals surface area contributed by atoms with Crippen molar-refractivity contribution < 1.29 is 4.74 Å². The van der Waals surface area contributed by atoms with Crippen LogP contribution in [0.15, 0.2) is 73.1 Å². The first-order chi connectivity index (χ1) is 10.9. The van der Waals surface area contributed by atoms with E-state index in [1.807, 2.05) is 60.7 Å². The molecule has 0 saturated heterocycles. The van der Waals surface area contributed by atoms with Gasteiger partial charge in [0.15, 0.2) is 0 Å². The van der Waals surface area contributed by atoms with Crippen LogP contribution >= 0.6 is 0 Å². The quantitative estimate of drug-likeness (QED) is 0.666. The molecule has 3 rings (SSSR count). The Balaban J connectivity index is 1.83. The molecule has 0 fully saturated rings. The van der Waals surface area contributed by atoms with Gasteiger partial charge in [-0.05, 0) is 29.3 Å². The number of nitrogens with zero attached hydrogens (tertiary/aromatic N) is 1. The SMILES string of the molecule is C#Cc1ccncc1-c1cccc(OCc2ccccc2)c1. The van der Waals surface area contributed by atoms with Crippen LogP contribution in [0, 0.1) is 12.3 Å². The highest BCUT2D eigenvalue weighted by Crippen LogP contribution is 2.26. The summed E-state index contributed by atoms with van der Waals surface area (Å²) in [5.74, 6) is 3.50. The van der Waals surface area contributed by atoms with Gasteiger partial charge in [-0.3, -0.25) is 4.98 Å². The molecule has 0 saturated carbocycles. The molecule has 0 radical (unpaired) electrons. The Labute approximate surface area is 130 Å². The molecule has 22 heavy (non-hydrogen) atoms. The minimum Gasteiger partial charge on any atom is -0.489 e. The molecular formula is C20H15NO. The minimum absolute atomic E-state index is 0.541. The van der Waals surface area contributed by atoms with Crippen molar-refractivity contribution in [1.29, 1.82) is 0 Å². The summed E-state index contributed by atoms with van der Waals surface area (Å²) in [5, 5.41) is 0. The van der Waals surface area contributed by atoms with Crippen molar-refractivity contribution in [3.8, 4) is 29.2 Å². The maximum Gasteiger partial charge on any atom is 0.120 e. The van der Waals surface area contributed by atoms with Crippen LogP contribution in [-0.4, -0.2) is 4.98 Å². The Kier molecular flexibility index (Phi) is 4.17. The molecule has 2 nitrogen and oxygen atoms in total. The smallest absolute Gasteiger partial charge is 0.120 e. The molecular weight excluding hydrogens is 270 g/mol. The second kappa shape index (κ2) is 6.60. The van der Waals surface area contributed by atoms with Crippen LogP contribution in [-0.2, 0) is 6.61 Å². The van der Waals surface area contributed by atoms with Crippen molar-refractivity contribution in [1.82, 2.24) is 4.98 Å². The maximum absolute atomic E-state index is 5.86. The van der Waals surface area contributed by atoms with Gasteiger partial charge in [-0.25, -0.2) is 0 Å². The second-order valence-electron chi connectivity index (χ2n) is 4.87. The predicted octanol–water partition coefficient (Wildman–Crippen LogP) is 4.31. The minimum atomic E-state index is 0.541. The van der Waals surface area contributed by atoms with Crippen molar-refractivity contribution in [3.05, 3.63) is 84.2 Å². The molecule has 2 aromatic carbocycles. The highest BCUT2D eigenvalue weighted by atomic mass is 16.5. The van der Waals surface area contributed by atoms with E-state index >= 15 is 0 Å². The number of terminal acetylenes is 1. The zero-order chi connectivity index (χ0) is 15.2. The van der Waals surface area contributed by atoms with E-state index in [4.69, 9.17) is 11.2 Å². The number of ether oxygens (including phenoxy) is 1. The van der Waals surface area contributed by atoms with E-state index in [0.717, 1.165) is 28.0 Å². The molecule has 0 aliphatic heterocycles. The van der Waals surface area contributed by atoms with Gasteiger partial charge in [0.05, 0.1) is 0 Å². The number of hydrogen-bond donors (Lipinski definition) is 0. The van der Waals surface area contributed by atoms with Crippen LogP contribution in [0.1, 0.15) is 11.1 Å². The molecule has 2 heteroatoms. The third-order valence-electron chi connectivity index (χ3n) is 3.37. The Bertz CT molecular complexity index is 803. The monoisotopic (exact) mass is 285 g/mol. The van der Waals surface area contributed by atoms with Crippen LogP contribution in [0.25, 0.3) is 11.1 Å². The standard InChI is InChI=1S/C20H15NO/c1-2-17-11-12-21-14-20(17)18-9-6-10-19(13-18)22-15-16-7-4-3-5-8-16/h1,3-14H,15H2. The topological polar surface area (TPSA) is 22.1 Å². The molecule has 1 aromatic heterocycles. The van der Waals surface area contributed by atoms with Crippen LogP contribution in [0.4, 0.5) is 0 Å². The van der Waals surface area contributed by atoms with Crippen molar-refractivity contribution in [2.24, 2.45) is 0 Å². The lowest BCUT2D eigenvalue weighted by Gasteiger charge is -2.09. The lowest BCUT2D eigenvalue weighted by Crippen LogP contribution is -1.95. The van der Waals surface area contributed by atoms with E-state index in [0.29, 0.717) is 6.61 Å². The van der Waals surface area contributed by atoms with Gasteiger partial charge in [0.1, 0.15) is 12.4 Å². The molecule has 0 aliphatic carbocycles. The average Bonchev–Trinajstić information content (AvgIpc) is 2.61. The van der Waals surface area contributed by atoms with Gasteiger partial charge < -0.3 is 4.74 Å². The van der Waals surface area contributed by atoms with Crippen molar-refractivity contribution in [2.45, 2.75) is 6.61 Å². The highest BCUT2D eigenvalue weighted by Gasteiger charge is 2.05. The Morgan fingerprint density at radius 2 is 1.86 bits per heavy atom. The molecule has 1 heterocycles. The second-order valence-corrected chi connectivity index (χ2v) is 4.87. The fraction of sp³-hybridized carbons (Fsp3) is 0.0500. The fourth-order valence-corrected chi connectivity index (χ4v) is 2.24. The van der Waals surface area contributed by atoms with Crippen LogP contribution < -0.4 is 4.74 Å². The van der Waals surface area contributed by atoms with Crippen molar-refractivity contribution in [2.75, 3.05) is 0 Å². The summed E-state index contributed by atoms with van der Waals surface area (Å²) in [4.78, 5) is 4.16. The van der Waals surface area contributed by atoms with Crippen molar-refractivity contribution >= 4 is 0 Å². The molecule has 0 bridgehead atoms. The number of rotatable bonds is 4. The number of hydrogen-bond acceptors (Lipinski definition) is 2. The lowest BCUT2D eigenvalue weighted by molar-refractivity contribution is 0.306. The molecule has 0 aliphatic rings. The largest absolute Gasteiger partial charge is 0.489 e. The van der Waals surface area contributed by atoms with E-state index in [2.05, 4.69) is 10.9 Å². The third kappa shape index (κ3) is 3.16. The van der Waals surface area contributed by atoms with Gasteiger partial charge in [-0.2, -0.15) is 0 Å². The Hall–Kier alpha value is -3.05. The number of benzene rings is 2. The Morgan fingerprint density at radius 1 is 1.00 bits per heavy atom. The summed E-state index contributed by atoms with van der Waals surface area (Å²) in [6, 6.07) is 19.8. The fourth-order valence-electron chi connectivity index (χ4n) is 2.24. The first-order valence-corrected chi connectivity index (χ1v) is 7.04. The average molecular weight is 285 g/mol. The molecule has 0 spiro atoms. The van der Waals surface area contributed by atoms with Crippen LogP contribution in [0.5, 0.6) is 5.75 Å². The first-order valence-electron chi connectivity index (χ1n) is 7.04. The molecule has 3 aromatic rings. The normalized spacial score (nSPS) is 9.95. The lowest BCUT2D eigenvalue weighted by atomic mass is 10.0. The molecule has 0 unspecified atom stereocenters. The zero-order valence-corrected chi connectivity index (χ0v) is 12.1. The summed E-state index contributed by atoms with van der Waals surface area (Å²) >= 11 is 0. The van der Waals surface area contributed by atoms with Gasteiger partial charge in [0.2, 0.25) is 0 Å². The summed E-state index contributed by atoms with van der Waals surface area (Å²) < 4.78 is 5.86. The van der Waals surface area contributed by atoms with Gasteiger partial charge in [0, 0.05) is 23.5 Å². The van der Waals surface area contributed by atoms with Gasteiger partial charge in [-0.1, -0.05) is 48.4 Å². The van der Waals surface area contributed by atoms with Crippen molar-refractivity contribution in [3.63, 3.8) is 0 Å². The first kappa shape index (κ1) is 13.9. The summed E-state index contributed by atoms with van der Waals surface area (Å²) in [6.07, 6.45) is 9.04. The van der Waals surface area contributed by atoms with Gasteiger partial charge >= 0.3 is 0 Å². The third-order valence-corrected chi connectivity index (χ3v) is 3.37. The van der Waals surface area contributed by atoms with Crippen LogP contribution in [0.2, 0.25) is 0 Å². The van der Waals surface area contributed by atoms with Gasteiger partial charge in [0.25, 0.3) is 0 Å². The summed E-state index contributed by atoms with van der Waals surface area (Å²) in [6.45, 7) is 0.541. The zero-order valence-electron chi connectivity index (χ0n) is 12.1. The van der Waals surface area contributed by atoms with Gasteiger partial charge in [-0.15, -0.1) is 6.42 Å². The molecule has 0 atom stereocenters. The summed E-state index contributed by atoms with van der Waals surface area (Å²) in [7, 11) is 0. The van der Waals surface area contributed by atoms with E-state index in [1.54, 1.807) is 12.4 Å². The maximum atomic E-state index is 5.86. The molecule has 0 N–H and O–H groups in total. The molecule has 106 valence electrons. The Morgan fingerprint density at radius 3 is 2.68 bits per heavy atom. The molecule has 0 amide bonds.